The molecule has 3 rings (SSSR count). The topological polar surface area (TPSA) is 47.0 Å². The molecule has 0 unspecified atom stereocenters. The van der Waals surface area contributed by atoms with Crippen LogP contribution in [0, 0.1) is 6.92 Å². The summed E-state index contributed by atoms with van der Waals surface area (Å²) in [6.07, 6.45) is 1.61. The fraction of sp³-hybridized carbons (Fsp3) is 0.105. The summed E-state index contributed by atoms with van der Waals surface area (Å²) in [6.45, 7) is 1.93. The first-order valence-corrected chi connectivity index (χ1v) is 10.4. The highest BCUT2D eigenvalue weighted by molar-refractivity contribution is 7.98. The molecule has 0 aliphatic heterocycles. The summed E-state index contributed by atoms with van der Waals surface area (Å²) in [6, 6.07) is 17.5. The van der Waals surface area contributed by atoms with Crippen molar-refractivity contribution >= 4 is 33.2 Å². The molecule has 3 aromatic rings. The van der Waals surface area contributed by atoms with Gasteiger partial charge in [0, 0.05) is 11.9 Å². The molecular formula is C19H16ClNO2S2. The maximum absolute atomic E-state index is 12.6. The van der Waals surface area contributed by atoms with Gasteiger partial charge < -0.3 is 0 Å². The summed E-state index contributed by atoms with van der Waals surface area (Å²) in [4.78, 5) is 4.84. The van der Waals surface area contributed by atoms with Gasteiger partial charge in [0.25, 0.3) is 0 Å². The first-order valence-electron chi connectivity index (χ1n) is 7.60. The van der Waals surface area contributed by atoms with Crippen molar-refractivity contribution < 1.29 is 8.42 Å². The lowest BCUT2D eigenvalue weighted by molar-refractivity contribution is 0.596. The Morgan fingerprint density at radius 3 is 2.08 bits per heavy atom. The van der Waals surface area contributed by atoms with E-state index >= 15 is 0 Å². The normalized spacial score (nSPS) is 11.4. The molecule has 0 radical (unpaired) electrons. The van der Waals surface area contributed by atoms with Crippen LogP contribution in [0.25, 0.3) is 0 Å². The van der Waals surface area contributed by atoms with Gasteiger partial charge in [0.05, 0.1) is 19.8 Å². The predicted octanol–water partition coefficient (Wildman–Crippen LogP) is 5.17. The highest BCUT2D eigenvalue weighted by Gasteiger charge is 2.17. The molecule has 0 aliphatic carbocycles. The largest absolute Gasteiger partial charge is 0.248 e. The second-order valence-electron chi connectivity index (χ2n) is 5.56. The first kappa shape index (κ1) is 18.0. The highest BCUT2D eigenvalue weighted by Crippen LogP contribution is 2.25. The minimum absolute atomic E-state index is 0.301. The van der Waals surface area contributed by atoms with Crippen LogP contribution in [0.15, 0.2) is 81.7 Å². The zero-order valence-electron chi connectivity index (χ0n) is 13.5. The average molecular weight is 390 g/mol. The second kappa shape index (κ2) is 7.60. The minimum atomic E-state index is -3.48. The van der Waals surface area contributed by atoms with Gasteiger partial charge in [0.2, 0.25) is 9.84 Å². The maximum atomic E-state index is 12.6. The van der Waals surface area contributed by atoms with E-state index in [1.165, 1.54) is 0 Å². The van der Waals surface area contributed by atoms with Crippen LogP contribution in [0.3, 0.4) is 0 Å². The molecule has 0 saturated heterocycles. The molecule has 0 fully saturated rings. The fourth-order valence-corrected chi connectivity index (χ4v) is 4.39. The number of sulfone groups is 1. The molecule has 0 spiro atoms. The van der Waals surface area contributed by atoms with Crippen LogP contribution in [-0.2, 0) is 15.6 Å². The van der Waals surface area contributed by atoms with Gasteiger partial charge in [-0.2, -0.15) is 0 Å². The zero-order valence-corrected chi connectivity index (χ0v) is 15.9. The van der Waals surface area contributed by atoms with Gasteiger partial charge in [-0.1, -0.05) is 41.4 Å². The number of halogens is 1. The summed E-state index contributed by atoms with van der Waals surface area (Å²) in [7, 11) is -3.48. The monoisotopic (exact) mass is 389 g/mol. The third-order valence-corrected chi connectivity index (χ3v) is 6.68. The van der Waals surface area contributed by atoms with Crippen LogP contribution >= 0.6 is 23.4 Å². The molecule has 0 amide bonds. The van der Waals surface area contributed by atoms with Crippen molar-refractivity contribution in [2.45, 2.75) is 27.5 Å². The molecule has 1 aromatic heterocycles. The predicted molar refractivity (Wildman–Crippen MR) is 102 cm³/mol. The van der Waals surface area contributed by atoms with Crippen molar-refractivity contribution in [3.05, 3.63) is 83.0 Å². The number of hydrogen-bond donors (Lipinski definition) is 0. The van der Waals surface area contributed by atoms with E-state index in [1.54, 1.807) is 60.4 Å². The fourth-order valence-electron chi connectivity index (χ4n) is 2.22. The van der Waals surface area contributed by atoms with Gasteiger partial charge in [0.15, 0.2) is 0 Å². The smallest absolute Gasteiger partial charge is 0.206 e. The van der Waals surface area contributed by atoms with E-state index in [1.807, 2.05) is 25.1 Å². The molecule has 25 heavy (non-hydrogen) atoms. The summed E-state index contributed by atoms with van der Waals surface area (Å²) in [5.41, 5.74) is 2.06. The van der Waals surface area contributed by atoms with Crippen LogP contribution in [-0.4, -0.2) is 13.4 Å². The van der Waals surface area contributed by atoms with Crippen LogP contribution < -0.4 is 0 Å². The van der Waals surface area contributed by atoms with Crippen LogP contribution in [0.2, 0.25) is 5.02 Å². The van der Waals surface area contributed by atoms with Gasteiger partial charge in [-0.05, 0) is 48.9 Å². The van der Waals surface area contributed by atoms with Gasteiger partial charge >= 0.3 is 0 Å². The van der Waals surface area contributed by atoms with Gasteiger partial charge in [-0.3, -0.25) is 0 Å². The molecule has 128 valence electrons. The Kier molecular flexibility index (Phi) is 5.47. The summed E-state index contributed by atoms with van der Waals surface area (Å²) >= 11 is 7.39. The summed E-state index contributed by atoms with van der Waals surface area (Å²) < 4.78 is 25.3. The number of pyridine rings is 1. The third kappa shape index (κ3) is 4.42. The zero-order chi connectivity index (χ0) is 17.9. The average Bonchev–Trinajstić information content (AvgIpc) is 2.62. The number of benzene rings is 2. The van der Waals surface area contributed by atoms with Crippen molar-refractivity contribution in [3.63, 3.8) is 0 Å². The van der Waals surface area contributed by atoms with Gasteiger partial charge in [-0.25, -0.2) is 13.4 Å². The molecule has 6 heteroatoms. The molecule has 1 heterocycles. The summed E-state index contributed by atoms with van der Waals surface area (Å²) in [5, 5.41) is 1.48. The van der Waals surface area contributed by atoms with Gasteiger partial charge in [-0.15, -0.1) is 11.8 Å². The van der Waals surface area contributed by atoms with Crippen molar-refractivity contribution in [2.75, 3.05) is 0 Å². The van der Waals surface area contributed by atoms with Crippen molar-refractivity contribution in [1.29, 1.82) is 0 Å². The quantitative estimate of drug-likeness (QED) is 0.565. The van der Waals surface area contributed by atoms with E-state index in [4.69, 9.17) is 11.6 Å². The molecule has 0 saturated carbocycles. The SMILES string of the molecule is Cc1ccc(S(=O)(=O)c2ccc(CSc3ccc(Cl)cn3)cc2)cc1. The van der Waals surface area contributed by atoms with Crippen LogP contribution in [0.5, 0.6) is 0 Å². The lowest BCUT2D eigenvalue weighted by Gasteiger charge is -2.07. The van der Waals surface area contributed by atoms with E-state index in [9.17, 15) is 8.42 Å². The molecular weight excluding hydrogens is 374 g/mol. The lowest BCUT2D eigenvalue weighted by Crippen LogP contribution is -2.02. The molecule has 0 aliphatic rings. The lowest BCUT2D eigenvalue weighted by atomic mass is 10.2. The highest BCUT2D eigenvalue weighted by atomic mass is 35.5. The van der Waals surface area contributed by atoms with Crippen molar-refractivity contribution in [1.82, 2.24) is 4.98 Å². The number of thioether (sulfide) groups is 1. The second-order valence-corrected chi connectivity index (χ2v) is 8.95. The van der Waals surface area contributed by atoms with E-state index in [-0.39, 0.29) is 0 Å². The van der Waals surface area contributed by atoms with E-state index in [0.717, 1.165) is 16.2 Å². The van der Waals surface area contributed by atoms with Crippen molar-refractivity contribution in [3.8, 4) is 0 Å². The Balaban J connectivity index is 1.73. The van der Waals surface area contributed by atoms with E-state index < -0.39 is 9.84 Å². The minimum Gasteiger partial charge on any atom is -0.248 e. The molecule has 0 atom stereocenters. The van der Waals surface area contributed by atoms with E-state index in [2.05, 4.69) is 4.98 Å². The maximum Gasteiger partial charge on any atom is 0.206 e. The number of aromatic nitrogens is 1. The number of nitrogens with zero attached hydrogens (tertiary/aromatic N) is 1. The van der Waals surface area contributed by atoms with Crippen LogP contribution in [0.1, 0.15) is 11.1 Å². The van der Waals surface area contributed by atoms with Gasteiger partial charge in [0.1, 0.15) is 0 Å². The van der Waals surface area contributed by atoms with E-state index in [0.29, 0.717) is 20.6 Å². The molecule has 0 N–H and O–H groups in total. The number of rotatable bonds is 5. The standard InChI is InChI=1S/C19H16ClNO2S2/c1-14-2-7-17(8-3-14)25(22,23)18-9-4-15(5-10-18)13-24-19-11-6-16(20)12-21-19/h2-12H,13H2,1H3. The number of hydrogen-bond acceptors (Lipinski definition) is 4. The van der Waals surface area contributed by atoms with Crippen LogP contribution in [0.4, 0.5) is 0 Å². The Hall–Kier alpha value is -1.82. The Morgan fingerprint density at radius 1 is 0.920 bits per heavy atom. The number of aryl methyl sites for hydroxylation is 1. The Bertz CT molecular complexity index is 952. The Labute approximate surface area is 157 Å². The first-order chi connectivity index (χ1) is 11.9. The molecule has 3 nitrogen and oxygen atoms in total. The third-order valence-electron chi connectivity index (χ3n) is 3.65. The Morgan fingerprint density at radius 2 is 1.52 bits per heavy atom. The van der Waals surface area contributed by atoms with Crippen molar-refractivity contribution in [2.24, 2.45) is 0 Å². The molecule has 2 aromatic carbocycles. The molecule has 0 bridgehead atoms. The summed E-state index contributed by atoms with van der Waals surface area (Å²) in [5.74, 6) is 0.708.